The second-order valence-electron chi connectivity index (χ2n) is 6.73. The number of thioether (sulfide) groups is 1. The van der Waals surface area contributed by atoms with Crippen LogP contribution in [0.1, 0.15) is 29.9 Å². The molecule has 0 saturated heterocycles. The monoisotopic (exact) mass is 431 g/mol. The smallest absolute Gasteiger partial charge is 0.240 e. The van der Waals surface area contributed by atoms with E-state index in [1.807, 2.05) is 19.9 Å². The quantitative estimate of drug-likeness (QED) is 0.643. The minimum atomic E-state index is -0.541. The number of anilines is 1. The highest BCUT2D eigenvalue weighted by molar-refractivity contribution is 8.00. The number of fused-ring (bicyclic) bond motifs is 1. The van der Waals surface area contributed by atoms with Crippen molar-refractivity contribution in [2.45, 2.75) is 36.7 Å². The Morgan fingerprint density at radius 3 is 2.76 bits per heavy atom. The molecule has 1 amide bonds. The third-order valence-corrected chi connectivity index (χ3v) is 6.22. The maximum Gasteiger partial charge on any atom is 0.240 e. The van der Waals surface area contributed by atoms with E-state index in [1.54, 1.807) is 28.9 Å². The summed E-state index contributed by atoms with van der Waals surface area (Å²) in [5, 5.41) is 12.0. The molecule has 29 heavy (non-hydrogen) atoms. The fraction of sp³-hybridized carbons (Fsp3) is 0.250. The first-order valence-electron chi connectivity index (χ1n) is 9.16. The van der Waals surface area contributed by atoms with Gasteiger partial charge < -0.3 is 10.7 Å². The second kappa shape index (κ2) is 8.04. The molecule has 0 aliphatic carbocycles. The molecule has 3 aromatic rings. The van der Waals surface area contributed by atoms with Crippen LogP contribution in [0.3, 0.4) is 0 Å². The molecule has 0 fully saturated rings. The van der Waals surface area contributed by atoms with E-state index in [0.29, 0.717) is 22.3 Å². The van der Waals surface area contributed by atoms with Crippen LogP contribution in [0.5, 0.6) is 0 Å². The molecule has 0 unspecified atom stereocenters. The third kappa shape index (κ3) is 3.95. The fourth-order valence-corrected chi connectivity index (χ4v) is 4.45. The van der Waals surface area contributed by atoms with Crippen LogP contribution in [0, 0.1) is 12.7 Å². The number of hydrogen-bond acceptors (Lipinski definition) is 5. The van der Waals surface area contributed by atoms with E-state index in [2.05, 4.69) is 20.9 Å². The van der Waals surface area contributed by atoms with Gasteiger partial charge in [0.25, 0.3) is 0 Å². The molecule has 6 nitrogen and oxygen atoms in total. The Balaban J connectivity index is 1.68. The topological polar surface area (TPSA) is 71.8 Å². The van der Waals surface area contributed by atoms with Gasteiger partial charge in [0.05, 0.1) is 6.04 Å². The molecule has 1 aromatic heterocycles. The van der Waals surface area contributed by atoms with Gasteiger partial charge in [-0.2, -0.15) is 0 Å². The highest BCUT2D eigenvalue weighted by Crippen LogP contribution is 2.38. The van der Waals surface area contributed by atoms with Gasteiger partial charge in [0, 0.05) is 17.1 Å². The molecule has 2 aromatic carbocycles. The van der Waals surface area contributed by atoms with Crippen molar-refractivity contribution in [2.24, 2.45) is 0 Å². The number of nitrogens with one attached hydrogen (secondary N) is 2. The molecule has 4 rings (SSSR count). The van der Waals surface area contributed by atoms with E-state index in [-0.39, 0.29) is 11.7 Å². The van der Waals surface area contributed by atoms with E-state index in [4.69, 9.17) is 11.6 Å². The molecule has 2 atom stereocenters. The Hall–Kier alpha value is -2.58. The molecule has 0 radical (unpaired) electrons. The van der Waals surface area contributed by atoms with Crippen LogP contribution in [0.2, 0.25) is 5.02 Å². The molecule has 2 N–H and O–H groups in total. The minimum absolute atomic E-state index is 0.200. The van der Waals surface area contributed by atoms with Gasteiger partial charge in [-0.15, -0.1) is 10.2 Å². The van der Waals surface area contributed by atoms with Crippen molar-refractivity contribution in [3.8, 4) is 0 Å². The lowest BCUT2D eigenvalue weighted by Crippen LogP contribution is -2.41. The van der Waals surface area contributed by atoms with Crippen LogP contribution in [0.15, 0.2) is 47.6 Å². The lowest BCUT2D eigenvalue weighted by Gasteiger charge is -2.33. The molecule has 2 heterocycles. The van der Waals surface area contributed by atoms with Crippen molar-refractivity contribution < 1.29 is 9.18 Å². The van der Waals surface area contributed by atoms with E-state index in [1.165, 1.54) is 23.9 Å². The molecular weight excluding hydrogens is 413 g/mol. The van der Waals surface area contributed by atoms with Crippen LogP contribution in [0.4, 0.5) is 10.1 Å². The number of carbonyl (C=O) groups is 1. The summed E-state index contributed by atoms with van der Waals surface area (Å²) in [6.45, 7) is 3.89. The number of halogens is 2. The van der Waals surface area contributed by atoms with Gasteiger partial charge in [0.2, 0.25) is 11.1 Å². The highest BCUT2D eigenvalue weighted by atomic mass is 35.5. The molecule has 150 valence electrons. The lowest BCUT2D eigenvalue weighted by atomic mass is 10.0. The first-order valence-corrected chi connectivity index (χ1v) is 10.4. The Morgan fingerprint density at radius 1 is 1.28 bits per heavy atom. The van der Waals surface area contributed by atoms with Crippen molar-refractivity contribution >= 4 is 35.0 Å². The molecule has 9 heteroatoms. The average Bonchev–Trinajstić information content (AvgIpc) is 3.12. The Kier molecular flexibility index (Phi) is 5.47. The van der Waals surface area contributed by atoms with Crippen molar-refractivity contribution in [1.82, 2.24) is 14.9 Å². The summed E-state index contributed by atoms with van der Waals surface area (Å²) >= 11 is 7.41. The van der Waals surface area contributed by atoms with Crippen LogP contribution in [-0.2, 0) is 11.2 Å². The second-order valence-corrected chi connectivity index (χ2v) is 8.28. The third-order valence-electron chi connectivity index (χ3n) is 4.76. The van der Waals surface area contributed by atoms with Crippen molar-refractivity contribution in [1.29, 1.82) is 0 Å². The number of carbonyl (C=O) groups excluding carboxylic acids is 1. The van der Waals surface area contributed by atoms with Crippen LogP contribution < -0.4 is 10.7 Å². The van der Waals surface area contributed by atoms with Gasteiger partial charge in [0.1, 0.15) is 11.1 Å². The number of aryl methyl sites for hydroxylation is 2. The van der Waals surface area contributed by atoms with Crippen LogP contribution in [-0.4, -0.2) is 26.0 Å². The summed E-state index contributed by atoms with van der Waals surface area (Å²) in [4.78, 5) is 13.2. The van der Waals surface area contributed by atoms with Crippen molar-refractivity contribution in [2.75, 3.05) is 10.7 Å². The van der Waals surface area contributed by atoms with E-state index in [9.17, 15) is 9.18 Å². The summed E-state index contributed by atoms with van der Waals surface area (Å²) in [5.41, 5.74) is 5.69. The van der Waals surface area contributed by atoms with Gasteiger partial charge in [-0.1, -0.05) is 48.5 Å². The van der Waals surface area contributed by atoms with Gasteiger partial charge in [-0.3, -0.25) is 4.79 Å². The highest BCUT2D eigenvalue weighted by Gasteiger charge is 2.37. The predicted octanol–water partition coefficient (Wildman–Crippen LogP) is 4.34. The van der Waals surface area contributed by atoms with E-state index < -0.39 is 11.3 Å². The fourth-order valence-electron chi connectivity index (χ4n) is 3.18. The van der Waals surface area contributed by atoms with Gasteiger partial charge in [0.15, 0.2) is 5.82 Å². The first kappa shape index (κ1) is 19.7. The standard InChI is InChI=1S/C20H19ClFN5OS/c1-3-16-24-25-20-27(16)26-17(12-5-8-14(22)9-6-12)18(29-20)19(28)23-15-10-13(21)7-4-11(15)2/h4-10,17-18,26H,3H2,1-2H3,(H,23,28)/t17-,18-/m0/s1. The Morgan fingerprint density at radius 2 is 2.03 bits per heavy atom. The van der Waals surface area contributed by atoms with Crippen molar-refractivity contribution in [3.05, 3.63) is 70.3 Å². The largest absolute Gasteiger partial charge is 0.325 e. The summed E-state index contributed by atoms with van der Waals surface area (Å²) in [7, 11) is 0. The lowest BCUT2D eigenvalue weighted by molar-refractivity contribution is -0.116. The molecule has 0 spiro atoms. The van der Waals surface area contributed by atoms with Gasteiger partial charge in [-0.25, -0.2) is 9.07 Å². The summed E-state index contributed by atoms with van der Waals surface area (Å²) < 4.78 is 15.2. The number of rotatable bonds is 4. The zero-order chi connectivity index (χ0) is 20.5. The maximum atomic E-state index is 13.4. The maximum absolute atomic E-state index is 13.4. The molecule has 0 bridgehead atoms. The SMILES string of the molecule is CCc1nnc2n1N[C@@H](c1ccc(F)cc1)[C@@H](C(=O)Nc1cc(Cl)ccc1C)S2. The Labute approximate surface area is 176 Å². The van der Waals surface area contributed by atoms with Gasteiger partial charge >= 0.3 is 0 Å². The zero-order valence-electron chi connectivity index (χ0n) is 15.8. The predicted molar refractivity (Wildman–Crippen MR) is 112 cm³/mol. The number of hydrogen-bond donors (Lipinski definition) is 2. The summed E-state index contributed by atoms with van der Waals surface area (Å²) in [6.07, 6.45) is 0.690. The average molecular weight is 432 g/mol. The van der Waals surface area contributed by atoms with Crippen LogP contribution in [0.25, 0.3) is 0 Å². The number of nitrogens with zero attached hydrogens (tertiary/aromatic N) is 3. The van der Waals surface area contributed by atoms with Gasteiger partial charge in [-0.05, 0) is 42.3 Å². The van der Waals surface area contributed by atoms with E-state index in [0.717, 1.165) is 17.0 Å². The molecule has 0 saturated carbocycles. The molecule has 1 aliphatic rings. The van der Waals surface area contributed by atoms with E-state index >= 15 is 0 Å². The first-order chi connectivity index (χ1) is 14.0. The number of amides is 1. The molecule has 1 aliphatic heterocycles. The molecular formula is C20H19ClFN5OS. The van der Waals surface area contributed by atoms with Crippen LogP contribution >= 0.6 is 23.4 Å². The normalized spacial score (nSPS) is 18.1. The van der Waals surface area contributed by atoms with Crippen molar-refractivity contribution in [3.63, 3.8) is 0 Å². The Bertz CT molecular complexity index is 1060. The zero-order valence-corrected chi connectivity index (χ0v) is 17.4. The summed E-state index contributed by atoms with van der Waals surface area (Å²) in [6, 6.07) is 11.1. The number of benzene rings is 2. The summed E-state index contributed by atoms with van der Waals surface area (Å²) in [5.74, 6) is 0.241. The number of aromatic nitrogens is 3. The minimum Gasteiger partial charge on any atom is -0.325 e.